The van der Waals surface area contributed by atoms with Crippen LogP contribution in [0.25, 0.3) is 0 Å². The summed E-state index contributed by atoms with van der Waals surface area (Å²) in [4.78, 5) is 13.4. The summed E-state index contributed by atoms with van der Waals surface area (Å²) in [7, 11) is 3.70. The van der Waals surface area contributed by atoms with Gasteiger partial charge >= 0.3 is 5.97 Å². The van der Waals surface area contributed by atoms with Crippen LogP contribution in [0, 0.1) is 0 Å². The van der Waals surface area contributed by atoms with E-state index in [0.29, 0.717) is 6.42 Å². The predicted octanol–water partition coefficient (Wildman–Crippen LogP) is 2.18. The molecule has 0 atom stereocenters. The van der Waals surface area contributed by atoms with Gasteiger partial charge in [0.05, 0.1) is 7.11 Å². The molecule has 0 aromatic carbocycles. The number of esters is 1. The maximum absolute atomic E-state index is 10.9. The number of ether oxygens (including phenoxy) is 1. The second kappa shape index (κ2) is 10.2. The Bertz CT molecular complexity index is 240. The second-order valence-electron chi connectivity index (χ2n) is 5.56. The monoisotopic (exact) mass is 270 g/mol. The van der Waals surface area contributed by atoms with Crippen LogP contribution in [0.3, 0.4) is 0 Å². The Balaban J connectivity index is 1.91. The van der Waals surface area contributed by atoms with Gasteiger partial charge in [-0.25, -0.2) is 0 Å². The quantitative estimate of drug-likeness (QED) is 0.515. The van der Waals surface area contributed by atoms with Crippen LogP contribution in [0.4, 0.5) is 0 Å². The zero-order valence-electron chi connectivity index (χ0n) is 12.6. The lowest BCUT2D eigenvalue weighted by Crippen LogP contribution is -2.35. The van der Waals surface area contributed by atoms with Gasteiger partial charge in [0.1, 0.15) is 0 Å². The van der Waals surface area contributed by atoms with Gasteiger partial charge in [0.2, 0.25) is 0 Å². The van der Waals surface area contributed by atoms with Crippen LogP contribution in [0.1, 0.15) is 51.4 Å². The Morgan fingerprint density at radius 3 is 2.58 bits per heavy atom. The number of nitrogens with zero attached hydrogens (tertiary/aromatic N) is 1. The molecule has 0 aromatic rings. The molecule has 1 rings (SSSR count). The molecule has 1 saturated carbocycles. The lowest BCUT2D eigenvalue weighted by molar-refractivity contribution is -0.140. The summed E-state index contributed by atoms with van der Waals surface area (Å²) in [5.41, 5.74) is 0. The number of carbonyl (C=O) groups is 1. The molecule has 0 aliphatic heterocycles. The molecular weight excluding hydrogens is 240 g/mol. The number of nitrogens with one attached hydrogen (secondary N) is 1. The zero-order chi connectivity index (χ0) is 13.9. The van der Waals surface area contributed by atoms with Crippen molar-refractivity contribution in [2.75, 3.05) is 33.8 Å². The maximum atomic E-state index is 10.9. The molecule has 0 unspecified atom stereocenters. The van der Waals surface area contributed by atoms with Crippen molar-refractivity contribution in [3.05, 3.63) is 0 Å². The van der Waals surface area contributed by atoms with Crippen molar-refractivity contribution in [3.8, 4) is 0 Å². The van der Waals surface area contributed by atoms with E-state index in [1.165, 1.54) is 52.2 Å². The van der Waals surface area contributed by atoms with E-state index in [1.54, 1.807) is 0 Å². The molecule has 1 fully saturated rings. The fourth-order valence-electron chi connectivity index (χ4n) is 2.74. The number of hydrogen-bond donors (Lipinski definition) is 1. The second-order valence-corrected chi connectivity index (χ2v) is 5.56. The van der Waals surface area contributed by atoms with E-state index in [9.17, 15) is 4.79 Å². The number of hydrogen-bond acceptors (Lipinski definition) is 4. The Morgan fingerprint density at radius 1 is 1.21 bits per heavy atom. The molecule has 4 nitrogen and oxygen atoms in total. The SMILES string of the molecule is COC(=O)CCCNCCCN(C)C1CCCCC1. The highest BCUT2D eigenvalue weighted by Crippen LogP contribution is 2.21. The summed E-state index contributed by atoms with van der Waals surface area (Å²) in [5.74, 6) is -0.112. The number of methoxy groups -OCH3 is 1. The summed E-state index contributed by atoms with van der Waals surface area (Å²) in [6.07, 6.45) is 9.56. The van der Waals surface area contributed by atoms with Crippen LogP contribution in [-0.4, -0.2) is 50.7 Å². The molecule has 1 aliphatic carbocycles. The molecule has 19 heavy (non-hydrogen) atoms. The first-order valence-electron chi connectivity index (χ1n) is 7.72. The third-order valence-corrected chi connectivity index (χ3v) is 4.02. The largest absolute Gasteiger partial charge is 0.469 e. The van der Waals surface area contributed by atoms with Crippen LogP contribution in [0.15, 0.2) is 0 Å². The summed E-state index contributed by atoms with van der Waals surface area (Å²) in [6.45, 7) is 3.12. The average Bonchev–Trinajstić information content (AvgIpc) is 2.46. The summed E-state index contributed by atoms with van der Waals surface area (Å²) >= 11 is 0. The minimum atomic E-state index is -0.112. The minimum Gasteiger partial charge on any atom is -0.469 e. The van der Waals surface area contributed by atoms with Crippen molar-refractivity contribution < 1.29 is 9.53 Å². The number of rotatable bonds is 9. The zero-order valence-corrected chi connectivity index (χ0v) is 12.6. The topological polar surface area (TPSA) is 41.6 Å². The molecule has 0 spiro atoms. The van der Waals surface area contributed by atoms with Gasteiger partial charge in [-0.1, -0.05) is 19.3 Å². The average molecular weight is 270 g/mol. The highest BCUT2D eigenvalue weighted by Gasteiger charge is 2.16. The van der Waals surface area contributed by atoms with E-state index in [1.807, 2.05) is 0 Å². The minimum absolute atomic E-state index is 0.112. The molecule has 0 radical (unpaired) electrons. The van der Waals surface area contributed by atoms with Crippen molar-refractivity contribution >= 4 is 5.97 Å². The Kier molecular flexibility index (Phi) is 8.84. The highest BCUT2D eigenvalue weighted by atomic mass is 16.5. The van der Waals surface area contributed by atoms with Crippen LogP contribution in [-0.2, 0) is 9.53 Å². The molecular formula is C15H30N2O2. The van der Waals surface area contributed by atoms with E-state index in [2.05, 4.69) is 22.0 Å². The van der Waals surface area contributed by atoms with E-state index in [4.69, 9.17) is 0 Å². The van der Waals surface area contributed by atoms with Crippen molar-refractivity contribution in [3.63, 3.8) is 0 Å². The standard InChI is InChI=1S/C15H30N2O2/c1-17(14-8-4-3-5-9-14)13-7-12-16-11-6-10-15(18)19-2/h14,16H,3-13H2,1-2H3. The van der Waals surface area contributed by atoms with Crippen molar-refractivity contribution in [2.45, 2.75) is 57.4 Å². The van der Waals surface area contributed by atoms with E-state index < -0.39 is 0 Å². The fourth-order valence-corrected chi connectivity index (χ4v) is 2.74. The van der Waals surface area contributed by atoms with Crippen molar-refractivity contribution in [2.24, 2.45) is 0 Å². The number of carbonyl (C=O) groups excluding carboxylic acids is 1. The fraction of sp³-hybridized carbons (Fsp3) is 0.933. The Labute approximate surface area is 117 Å². The van der Waals surface area contributed by atoms with Crippen molar-refractivity contribution in [1.29, 1.82) is 0 Å². The van der Waals surface area contributed by atoms with Gasteiger partial charge in [-0.2, -0.15) is 0 Å². The van der Waals surface area contributed by atoms with Gasteiger partial charge in [0.15, 0.2) is 0 Å². The molecule has 0 heterocycles. The van der Waals surface area contributed by atoms with Crippen LogP contribution >= 0.6 is 0 Å². The molecule has 0 bridgehead atoms. The van der Waals surface area contributed by atoms with Crippen LogP contribution < -0.4 is 5.32 Å². The van der Waals surface area contributed by atoms with Gasteiger partial charge in [-0.05, 0) is 52.4 Å². The normalized spacial score (nSPS) is 16.8. The molecule has 1 N–H and O–H groups in total. The first kappa shape index (κ1) is 16.4. The van der Waals surface area contributed by atoms with E-state index in [0.717, 1.165) is 25.6 Å². The van der Waals surface area contributed by atoms with E-state index >= 15 is 0 Å². The maximum Gasteiger partial charge on any atom is 0.305 e. The molecule has 112 valence electrons. The molecule has 0 saturated heterocycles. The molecule has 0 aromatic heterocycles. The summed E-state index contributed by atoms with van der Waals surface area (Å²) < 4.78 is 4.60. The van der Waals surface area contributed by atoms with E-state index in [-0.39, 0.29) is 5.97 Å². The first-order chi connectivity index (χ1) is 9.24. The summed E-state index contributed by atoms with van der Waals surface area (Å²) in [5, 5.41) is 3.39. The van der Waals surface area contributed by atoms with Gasteiger partial charge < -0.3 is 15.0 Å². The van der Waals surface area contributed by atoms with Gasteiger partial charge in [0, 0.05) is 12.5 Å². The Morgan fingerprint density at radius 2 is 1.89 bits per heavy atom. The van der Waals surface area contributed by atoms with Crippen LogP contribution in [0.5, 0.6) is 0 Å². The molecule has 0 amide bonds. The lowest BCUT2D eigenvalue weighted by atomic mass is 9.94. The van der Waals surface area contributed by atoms with Gasteiger partial charge in [-0.3, -0.25) is 4.79 Å². The smallest absolute Gasteiger partial charge is 0.305 e. The Hall–Kier alpha value is -0.610. The third-order valence-electron chi connectivity index (χ3n) is 4.02. The van der Waals surface area contributed by atoms with Crippen LogP contribution in [0.2, 0.25) is 0 Å². The molecule has 4 heteroatoms. The molecule has 1 aliphatic rings. The summed E-state index contributed by atoms with van der Waals surface area (Å²) in [6, 6.07) is 0.813. The highest BCUT2D eigenvalue weighted by molar-refractivity contribution is 5.69. The van der Waals surface area contributed by atoms with Crippen molar-refractivity contribution in [1.82, 2.24) is 10.2 Å². The predicted molar refractivity (Wildman–Crippen MR) is 78.2 cm³/mol. The third kappa shape index (κ3) is 7.53. The first-order valence-corrected chi connectivity index (χ1v) is 7.72. The van der Waals surface area contributed by atoms with Gasteiger partial charge in [0.25, 0.3) is 0 Å². The lowest BCUT2D eigenvalue weighted by Gasteiger charge is -2.31. The van der Waals surface area contributed by atoms with Gasteiger partial charge in [-0.15, -0.1) is 0 Å².